The number of carbonyl (C=O) groups is 2. The lowest BCUT2D eigenvalue weighted by molar-refractivity contribution is -0.151. The number of anilines is 1. The van der Waals surface area contributed by atoms with Crippen molar-refractivity contribution in [1.29, 1.82) is 0 Å². The molecule has 1 aliphatic carbocycles. The normalized spacial score (nSPS) is 16.8. The van der Waals surface area contributed by atoms with Crippen LogP contribution in [0.2, 0.25) is 0 Å². The van der Waals surface area contributed by atoms with Gasteiger partial charge in [0.2, 0.25) is 0 Å². The van der Waals surface area contributed by atoms with E-state index >= 15 is 0 Å². The fourth-order valence-corrected chi connectivity index (χ4v) is 2.81. The lowest BCUT2D eigenvalue weighted by atomic mass is 9.88. The average Bonchev–Trinajstić information content (AvgIpc) is 2.46. The third-order valence-corrected chi connectivity index (χ3v) is 3.90. The second-order valence-corrected chi connectivity index (χ2v) is 5.63. The van der Waals surface area contributed by atoms with Gasteiger partial charge >= 0.3 is 5.97 Å². The van der Waals surface area contributed by atoms with Gasteiger partial charge in [0.15, 0.2) is 6.23 Å². The Balaban J connectivity index is 2.11. The third-order valence-electron chi connectivity index (χ3n) is 3.90. The summed E-state index contributed by atoms with van der Waals surface area (Å²) in [6.07, 6.45) is 4.39. The van der Waals surface area contributed by atoms with Crippen LogP contribution in [0.1, 0.15) is 49.4 Å². The van der Waals surface area contributed by atoms with E-state index in [-0.39, 0.29) is 17.2 Å². The number of nitrogen functional groups attached to an aromatic ring is 1. The summed E-state index contributed by atoms with van der Waals surface area (Å²) in [5, 5.41) is 2.71. The van der Waals surface area contributed by atoms with Crippen molar-refractivity contribution in [2.24, 2.45) is 5.92 Å². The topological polar surface area (TPSA) is 81.4 Å². The Morgan fingerprint density at radius 3 is 2.59 bits per heavy atom. The monoisotopic (exact) mass is 308 g/mol. The van der Waals surface area contributed by atoms with E-state index in [1.807, 2.05) is 0 Å². The van der Waals surface area contributed by atoms with Gasteiger partial charge in [-0.15, -0.1) is 0 Å². The van der Waals surface area contributed by atoms with Crippen LogP contribution in [-0.2, 0) is 9.53 Å². The van der Waals surface area contributed by atoms with E-state index in [9.17, 15) is 14.0 Å². The molecule has 1 aromatic carbocycles. The first-order valence-corrected chi connectivity index (χ1v) is 7.50. The van der Waals surface area contributed by atoms with Crippen molar-refractivity contribution in [2.75, 3.05) is 5.73 Å². The van der Waals surface area contributed by atoms with E-state index in [1.54, 1.807) is 0 Å². The van der Waals surface area contributed by atoms with Crippen LogP contribution in [0, 0.1) is 11.7 Å². The van der Waals surface area contributed by atoms with Gasteiger partial charge < -0.3 is 15.8 Å². The molecule has 0 saturated heterocycles. The minimum Gasteiger partial charge on any atom is -0.442 e. The van der Waals surface area contributed by atoms with Crippen LogP contribution in [0.3, 0.4) is 0 Å². The summed E-state index contributed by atoms with van der Waals surface area (Å²) in [4.78, 5) is 23.6. The van der Waals surface area contributed by atoms with Crippen molar-refractivity contribution >= 4 is 17.6 Å². The molecule has 6 heteroatoms. The number of amides is 1. The zero-order chi connectivity index (χ0) is 16.1. The van der Waals surface area contributed by atoms with Gasteiger partial charge in [-0.3, -0.25) is 9.59 Å². The van der Waals surface area contributed by atoms with Crippen LogP contribution in [-0.4, -0.2) is 18.1 Å². The summed E-state index contributed by atoms with van der Waals surface area (Å²) >= 11 is 0. The molecular weight excluding hydrogens is 287 g/mol. The van der Waals surface area contributed by atoms with E-state index in [0.29, 0.717) is 0 Å². The SMILES string of the molecule is CC(=O)O[C@H](NC(=O)c1ccc(F)cc1N)C1CCCCC1. The number of halogens is 1. The second kappa shape index (κ2) is 7.24. The Labute approximate surface area is 129 Å². The first-order chi connectivity index (χ1) is 10.5. The van der Waals surface area contributed by atoms with Crippen molar-refractivity contribution < 1.29 is 18.7 Å². The summed E-state index contributed by atoms with van der Waals surface area (Å²) in [7, 11) is 0. The molecule has 0 aliphatic heterocycles. The maximum absolute atomic E-state index is 13.1. The molecule has 1 aliphatic rings. The molecule has 1 saturated carbocycles. The highest BCUT2D eigenvalue weighted by atomic mass is 19.1. The maximum atomic E-state index is 13.1. The Hall–Kier alpha value is -2.11. The Morgan fingerprint density at radius 2 is 2.00 bits per heavy atom. The van der Waals surface area contributed by atoms with E-state index in [1.165, 1.54) is 19.1 Å². The molecule has 0 heterocycles. The van der Waals surface area contributed by atoms with Crippen LogP contribution in [0.15, 0.2) is 18.2 Å². The largest absolute Gasteiger partial charge is 0.442 e. The third kappa shape index (κ3) is 4.19. The molecule has 0 aromatic heterocycles. The first-order valence-electron chi connectivity index (χ1n) is 7.50. The maximum Gasteiger partial charge on any atom is 0.304 e. The zero-order valence-corrected chi connectivity index (χ0v) is 12.6. The molecule has 0 radical (unpaired) electrons. The van der Waals surface area contributed by atoms with Gasteiger partial charge in [-0.2, -0.15) is 0 Å². The van der Waals surface area contributed by atoms with Crippen molar-refractivity contribution in [3.63, 3.8) is 0 Å². The molecular formula is C16H21FN2O3. The van der Waals surface area contributed by atoms with Gasteiger partial charge in [-0.1, -0.05) is 19.3 Å². The first kappa shape index (κ1) is 16.3. The number of hydrogen-bond donors (Lipinski definition) is 2. The Bertz CT molecular complexity index is 556. The molecule has 0 spiro atoms. The molecule has 120 valence electrons. The average molecular weight is 308 g/mol. The summed E-state index contributed by atoms with van der Waals surface area (Å²) in [6.45, 7) is 1.31. The summed E-state index contributed by atoms with van der Waals surface area (Å²) in [5.41, 5.74) is 5.90. The highest BCUT2D eigenvalue weighted by Crippen LogP contribution is 2.27. The predicted octanol–water partition coefficient (Wildman–Crippen LogP) is 2.61. The zero-order valence-electron chi connectivity index (χ0n) is 12.6. The van der Waals surface area contributed by atoms with E-state index < -0.39 is 23.9 Å². The highest BCUT2D eigenvalue weighted by molar-refractivity contribution is 5.99. The number of carbonyl (C=O) groups excluding carboxylic acids is 2. The molecule has 1 fully saturated rings. The highest BCUT2D eigenvalue weighted by Gasteiger charge is 2.28. The number of nitrogens with one attached hydrogen (secondary N) is 1. The predicted molar refractivity (Wildman–Crippen MR) is 80.4 cm³/mol. The molecule has 0 bridgehead atoms. The van der Waals surface area contributed by atoms with Crippen LogP contribution >= 0.6 is 0 Å². The van der Waals surface area contributed by atoms with Gasteiger partial charge in [-0.05, 0) is 31.0 Å². The van der Waals surface area contributed by atoms with Crippen molar-refractivity contribution in [1.82, 2.24) is 5.32 Å². The minimum atomic E-state index is -0.672. The Kier molecular flexibility index (Phi) is 5.35. The number of esters is 1. The van der Waals surface area contributed by atoms with Crippen LogP contribution in [0.5, 0.6) is 0 Å². The molecule has 1 aromatic rings. The molecule has 0 unspecified atom stereocenters. The molecule has 1 atom stereocenters. The van der Waals surface area contributed by atoms with Crippen molar-refractivity contribution in [2.45, 2.75) is 45.3 Å². The fourth-order valence-electron chi connectivity index (χ4n) is 2.81. The fraction of sp³-hybridized carbons (Fsp3) is 0.500. The lowest BCUT2D eigenvalue weighted by Gasteiger charge is -2.30. The summed E-state index contributed by atoms with van der Waals surface area (Å²) < 4.78 is 18.3. The number of hydrogen-bond acceptors (Lipinski definition) is 4. The van der Waals surface area contributed by atoms with Crippen molar-refractivity contribution in [3.05, 3.63) is 29.6 Å². The number of rotatable bonds is 4. The van der Waals surface area contributed by atoms with Gasteiger partial charge in [-0.25, -0.2) is 4.39 Å². The van der Waals surface area contributed by atoms with E-state index in [2.05, 4.69) is 5.32 Å². The quantitative estimate of drug-likeness (QED) is 0.509. The van der Waals surface area contributed by atoms with E-state index in [0.717, 1.165) is 38.2 Å². The standard InChI is InChI=1S/C16H21FN2O3/c1-10(20)22-16(11-5-3-2-4-6-11)19-15(21)13-8-7-12(17)9-14(13)18/h7-9,11,16H,2-6,18H2,1H3,(H,19,21)/t16-/m0/s1. The van der Waals surface area contributed by atoms with Gasteiger partial charge in [0.25, 0.3) is 5.91 Å². The van der Waals surface area contributed by atoms with Crippen LogP contribution in [0.4, 0.5) is 10.1 Å². The molecule has 3 N–H and O–H groups in total. The summed E-state index contributed by atoms with van der Waals surface area (Å²) in [5.74, 6) is -1.31. The minimum absolute atomic E-state index is 0.0581. The molecule has 2 rings (SSSR count). The number of nitrogens with two attached hydrogens (primary N) is 1. The van der Waals surface area contributed by atoms with E-state index in [4.69, 9.17) is 10.5 Å². The molecule has 5 nitrogen and oxygen atoms in total. The van der Waals surface area contributed by atoms with Crippen LogP contribution in [0.25, 0.3) is 0 Å². The molecule has 1 amide bonds. The van der Waals surface area contributed by atoms with Gasteiger partial charge in [0, 0.05) is 18.5 Å². The van der Waals surface area contributed by atoms with Crippen molar-refractivity contribution in [3.8, 4) is 0 Å². The summed E-state index contributed by atoms with van der Waals surface area (Å²) in [6, 6.07) is 3.59. The van der Waals surface area contributed by atoms with Gasteiger partial charge in [0.1, 0.15) is 5.82 Å². The Morgan fingerprint density at radius 1 is 1.32 bits per heavy atom. The molecule has 22 heavy (non-hydrogen) atoms. The number of ether oxygens (including phenoxy) is 1. The lowest BCUT2D eigenvalue weighted by Crippen LogP contribution is -2.44. The van der Waals surface area contributed by atoms with Crippen LogP contribution < -0.4 is 11.1 Å². The number of benzene rings is 1. The second-order valence-electron chi connectivity index (χ2n) is 5.63. The smallest absolute Gasteiger partial charge is 0.304 e. The van der Waals surface area contributed by atoms with Gasteiger partial charge in [0.05, 0.1) is 5.56 Å².